The van der Waals surface area contributed by atoms with Crippen LogP contribution in [0.5, 0.6) is 11.5 Å². The molecule has 1 aliphatic rings. The molecule has 0 saturated carbocycles. The smallest absolute Gasteiger partial charge is 0.255 e. The van der Waals surface area contributed by atoms with Gasteiger partial charge in [-0.15, -0.1) is 0 Å². The van der Waals surface area contributed by atoms with E-state index in [1.807, 2.05) is 19.2 Å². The van der Waals surface area contributed by atoms with Crippen molar-refractivity contribution in [2.75, 3.05) is 70.5 Å². The van der Waals surface area contributed by atoms with Crippen molar-refractivity contribution in [2.45, 2.75) is 0 Å². The zero-order valence-corrected chi connectivity index (χ0v) is 17.1. The second-order valence-electron chi connectivity index (χ2n) is 6.48. The van der Waals surface area contributed by atoms with E-state index < -0.39 is 0 Å². The molecule has 0 bridgehead atoms. The molecule has 0 fully saturated rings. The summed E-state index contributed by atoms with van der Waals surface area (Å²) in [4.78, 5) is 12.5. The number of rotatable bonds is 3. The van der Waals surface area contributed by atoms with Gasteiger partial charge in [-0.25, -0.2) is 0 Å². The Labute approximate surface area is 176 Å². The number of anilines is 2. The number of fused-ring (bicyclic) bond motifs is 1. The van der Waals surface area contributed by atoms with E-state index in [0.29, 0.717) is 75.6 Å². The highest BCUT2D eigenvalue weighted by Gasteiger charge is 2.11. The molecule has 2 aromatic carbocycles. The molecule has 0 aromatic heterocycles. The number of carbonyl (C=O) groups excluding carboxylic acids is 1. The van der Waals surface area contributed by atoms with Crippen molar-refractivity contribution in [2.24, 2.45) is 0 Å². The molecule has 8 nitrogen and oxygen atoms in total. The topological polar surface area (TPSA) is 87.3 Å². The van der Waals surface area contributed by atoms with Crippen molar-refractivity contribution >= 4 is 17.3 Å². The Hall–Kier alpha value is -2.81. The van der Waals surface area contributed by atoms with Crippen LogP contribution in [0.3, 0.4) is 0 Å². The molecular weight excluding hydrogens is 388 g/mol. The number of nitrogens with one attached hydrogen (secondary N) is 2. The lowest BCUT2D eigenvalue weighted by Crippen LogP contribution is -2.13. The predicted molar refractivity (Wildman–Crippen MR) is 114 cm³/mol. The van der Waals surface area contributed by atoms with Crippen molar-refractivity contribution in [3.05, 3.63) is 48.0 Å². The van der Waals surface area contributed by atoms with Gasteiger partial charge in [-0.1, -0.05) is 0 Å². The van der Waals surface area contributed by atoms with Crippen LogP contribution >= 0.6 is 0 Å². The third-order valence-electron chi connectivity index (χ3n) is 4.35. The minimum atomic E-state index is -0.201. The molecule has 0 radical (unpaired) electrons. The van der Waals surface area contributed by atoms with Gasteiger partial charge in [-0.05, 0) is 36.4 Å². The molecule has 2 N–H and O–H groups in total. The summed E-state index contributed by atoms with van der Waals surface area (Å²) in [6, 6.07) is 12.5. The van der Waals surface area contributed by atoms with Crippen molar-refractivity contribution in [3.8, 4) is 11.5 Å². The minimum Gasteiger partial charge on any atom is -0.487 e. The molecular formula is C22H28N2O6. The monoisotopic (exact) mass is 416 g/mol. The normalized spacial score (nSPS) is 16.0. The van der Waals surface area contributed by atoms with Crippen LogP contribution < -0.4 is 20.1 Å². The highest BCUT2D eigenvalue weighted by molar-refractivity contribution is 6.04. The molecule has 1 amide bonds. The van der Waals surface area contributed by atoms with Crippen LogP contribution in [0.15, 0.2) is 42.5 Å². The Kier molecular flexibility index (Phi) is 8.77. The van der Waals surface area contributed by atoms with E-state index in [0.717, 1.165) is 5.69 Å². The summed E-state index contributed by atoms with van der Waals surface area (Å²) < 4.78 is 28.0. The number of amides is 1. The lowest BCUT2D eigenvalue weighted by Gasteiger charge is -2.15. The first-order chi connectivity index (χ1) is 14.8. The maximum atomic E-state index is 12.5. The Balaban J connectivity index is 1.66. The Morgan fingerprint density at radius 1 is 0.700 bits per heavy atom. The summed E-state index contributed by atoms with van der Waals surface area (Å²) in [5.74, 6) is 0.918. The molecule has 0 spiro atoms. The minimum absolute atomic E-state index is 0.201. The molecule has 162 valence electrons. The summed E-state index contributed by atoms with van der Waals surface area (Å²) in [5, 5.41) is 5.92. The molecule has 0 aliphatic carbocycles. The van der Waals surface area contributed by atoms with Crippen molar-refractivity contribution in [3.63, 3.8) is 0 Å². The number of hydrogen-bond donors (Lipinski definition) is 2. The van der Waals surface area contributed by atoms with Crippen molar-refractivity contribution in [1.29, 1.82) is 0 Å². The van der Waals surface area contributed by atoms with Crippen LogP contribution in [0, 0.1) is 0 Å². The first-order valence-electron chi connectivity index (χ1n) is 9.98. The van der Waals surface area contributed by atoms with Gasteiger partial charge in [0.15, 0.2) is 11.5 Å². The highest BCUT2D eigenvalue weighted by atomic mass is 16.6. The van der Waals surface area contributed by atoms with Gasteiger partial charge in [0.1, 0.15) is 13.2 Å². The SMILES string of the molecule is CNc1ccc(C(=O)Nc2ccc3c(c2)OCCOCCOCCOCCO3)cc1. The van der Waals surface area contributed by atoms with Gasteiger partial charge in [0.25, 0.3) is 5.91 Å². The second kappa shape index (κ2) is 12.0. The zero-order valence-electron chi connectivity index (χ0n) is 17.1. The summed E-state index contributed by atoms with van der Waals surface area (Å²) in [7, 11) is 1.83. The molecule has 0 unspecified atom stereocenters. The first kappa shape index (κ1) is 21.9. The third kappa shape index (κ3) is 6.91. The average Bonchev–Trinajstić information content (AvgIpc) is 2.78. The fourth-order valence-corrected chi connectivity index (χ4v) is 2.77. The lowest BCUT2D eigenvalue weighted by atomic mass is 10.2. The largest absolute Gasteiger partial charge is 0.487 e. The fourth-order valence-electron chi connectivity index (χ4n) is 2.77. The Morgan fingerprint density at radius 3 is 1.83 bits per heavy atom. The van der Waals surface area contributed by atoms with Crippen LogP contribution in [0.25, 0.3) is 0 Å². The van der Waals surface area contributed by atoms with Gasteiger partial charge in [-0.2, -0.15) is 0 Å². The Morgan fingerprint density at radius 2 is 1.23 bits per heavy atom. The van der Waals surface area contributed by atoms with Gasteiger partial charge < -0.3 is 34.3 Å². The van der Waals surface area contributed by atoms with E-state index in [9.17, 15) is 4.79 Å². The number of ether oxygens (including phenoxy) is 5. The number of benzene rings is 2. The maximum Gasteiger partial charge on any atom is 0.255 e. The second-order valence-corrected chi connectivity index (χ2v) is 6.48. The molecule has 8 heteroatoms. The van der Waals surface area contributed by atoms with Crippen LogP contribution in [0.4, 0.5) is 11.4 Å². The quantitative estimate of drug-likeness (QED) is 0.796. The van der Waals surface area contributed by atoms with E-state index in [4.69, 9.17) is 23.7 Å². The molecule has 3 rings (SSSR count). The van der Waals surface area contributed by atoms with E-state index in [-0.39, 0.29) is 5.91 Å². The van der Waals surface area contributed by atoms with Gasteiger partial charge in [0.2, 0.25) is 0 Å². The van der Waals surface area contributed by atoms with Crippen LogP contribution in [-0.2, 0) is 14.2 Å². The van der Waals surface area contributed by atoms with Crippen molar-refractivity contribution in [1.82, 2.24) is 0 Å². The Bertz CT molecular complexity index is 797. The number of carbonyl (C=O) groups is 1. The van der Waals surface area contributed by atoms with E-state index in [1.165, 1.54) is 0 Å². The maximum absolute atomic E-state index is 12.5. The molecule has 1 heterocycles. The van der Waals surface area contributed by atoms with E-state index in [1.54, 1.807) is 30.3 Å². The molecule has 2 aromatic rings. The molecule has 1 aliphatic heterocycles. The first-order valence-corrected chi connectivity index (χ1v) is 9.98. The van der Waals surface area contributed by atoms with Crippen molar-refractivity contribution < 1.29 is 28.5 Å². The van der Waals surface area contributed by atoms with Crippen LogP contribution in [0.2, 0.25) is 0 Å². The fraction of sp³-hybridized carbons (Fsp3) is 0.409. The van der Waals surface area contributed by atoms with E-state index in [2.05, 4.69) is 10.6 Å². The summed E-state index contributed by atoms with van der Waals surface area (Å²) in [5.41, 5.74) is 2.12. The van der Waals surface area contributed by atoms with Gasteiger partial charge in [0, 0.05) is 30.1 Å². The standard InChI is InChI=1S/C22H28N2O6/c1-23-18-4-2-17(3-5-18)22(25)24-19-6-7-20-21(16-19)30-15-13-28-11-9-26-8-10-27-12-14-29-20/h2-7,16,23H,8-15H2,1H3,(H,24,25). The molecule has 0 atom stereocenters. The third-order valence-corrected chi connectivity index (χ3v) is 4.35. The van der Waals surface area contributed by atoms with Gasteiger partial charge in [-0.3, -0.25) is 4.79 Å². The highest BCUT2D eigenvalue weighted by Crippen LogP contribution is 2.31. The molecule has 0 saturated heterocycles. The summed E-state index contributed by atoms with van der Waals surface area (Å²) in [6.07, 6.45) is 0. The predicted octanol–water partition coefficient (Wildman–Crippen LogP) is 2.80. The van der Waals surface area contributed by atoms with Gasteiger partial charge in [0.05, 0.1) is 39.6 Å². The van der Waals surface area contributed by atoms with E-state index >= 15 is 0 Å². The average molecular weight is 416 g/mol. The summed E-state index contributed by atoms with van der Waals surface area (Å²) >= 11 is 0. The van der Waals surface area contributed by atoms with Gasteiger partial charge >= 0.3 is 0 Å². The zero-order chi connectivity index (χ0) is 21.0. The number of hydrogen-bond acceptors (Lipinski definition) is 7. The summed E-state index contributed by atoms with van der Waals surface area (Å²) in [6.45, 7) is 3.65. The van der Waals surface area contributed by atoms with Crippen LogP contribution in [-0.4, -0.2) is 65.8 Å². The van der Waals surface area contributed by atoms with Crippen LogP contribution in [0.1, 0.15) is 10.4 Å². The molecule has 30 heavy (non-hydrogen) atoms. The lowest BCUT2D eigenvalue weighted by molar-refractivity contribution is 0.00708.